The molecule has 0 atom stereocenters. The predicted octanol–water partition coefficient (Wildman–Crippen LogP) is 3.49. The summed E-state index contributed by atoms with van der Waals surface area (Å²) in [5, 5.41) is 10.1. The molecule has 0 unspecified atom stereocenters. The number of carbonyl (C=O) groups is 3. The van der Waals surface area contributed by atoms with E-state index in [9.17, 15) is 14.4 Å². The van der Waals surface area contributed by atoms with E-state index in [1.807, 2.05) is 32.0 Å². The number of nitrogens with zero attached hydrogens (tertiary/aromatic N) is 3. The number of carbonyl (C=O) groups excluding carboxylic acids is 3. The van der Waals surface area contributed by atoms with Crippen LogP contribution in [0.15, 0.2) is 48.5 Å². The van der Waals surface area contributed by atoms with Crippen molar-refractivity contribution in [2.75, 3.05) is 11.9 Å². The van der Waals surface area contributed by atoms with Gasteiger partial charge in [0.25, 0.3) is 5.91 Å². The minimum Gasteiger partial charge on any atom is -0.462 e. The summed E-state index contributed by atoms with van der Waals surface area (Å²) in [4.78, 5) is 36.9. The number of hydrogen-bond acceptors (Lipinski definition) is 6. The second-order valence-corrected chi connectivity index (χ2v) is 7.81. The largest absolute Gasteiger partial charge is 0.462 e. The maximum atomic E-state index is 12.6. The summed E-state index contributed by atoms with van der Waals surface area (Å²) in [6.45, 7) is 6.45. The molecule has 3 rings (SSSR count). The Morgan fingerprint density at radius 2 is 1.76 bits per heavy atom. The number of anilines is 1. The van der Waals surface area contributed by atoms with Crippen molar-refractivity contribution in [3.63, 3.8) is 0 Å². The number of aromatic nitrogens is 3. The molecule has 0 saturated carbocycles. The first-order valence-corrected chi connectivity index (χ1v) is 11.3. The Morgan fingerprint density at radius 1 is 1.06 bits per heavy atom. The van der Waals surface area contributed by atoms with Crippen molar-refractivity contribution < 1.29 is 19.1 Å². The van der Waals surface area contributed by atoms with Gasteiger partial charge in [-0.15, -0.1) is 0 Å². The van der Waals surface area contributed by atoms with Gasteiger partial charge in [-0.2, -0.15) is 5.10 Å². The molecule has 1 aromatic heterocycles. The van der Waals surface area contributed by atoms with Gasteiger partial charge in [-0.25, -0.2) is 9.48 Å². The topological polar surface area (TPSA) is 107 Å². The van der Waals surface area contributed by atoms with Crippen molar-refractivity contribution in [1.29, 1.82) is 0 Å². The van der Waals surface area contributed by atoms with E-state index in [0.29, 0.717) is 40.6 Å². The molecule has 0 aliphatic carbocycles. The van der Waals surface area contributed by atoms with Gasteiger partial charge in [-0.3, -0.25) is 9.59 Å². The molecule has 0 saturated heterocycles. The van der Waals surface area contributed by atoms with E-state index in [4.69, 9.17) is 17.0 Å². The number of ether oxygens (including phenoxy) is 1. The van der Waals surface area contributed by atoms with Crippen molar-refractivity contribution in [1.82, 2.24) is 19.7 Å². The van der Waals surface area contributed by atoms with Crippen LogP contribution in [0.25, 0.3) is 0 Å². The lowest BCUT2D eigenvalue weighted by Crippen LogP contribution is -2.25. The Hall–Kier alpha value is -3.79. The first-order valence-electron chi connectivity index (χ1n) is 10.9. The molecular weight excluding hydrogens is 454 g/mol. The summed E-state index contributed by atoms with van der Waals surface area (Å²) in [5.74, 6) is -0.388. The van der Waals surface area contributed by atoms with Crippen LogP contribution in [0.1, 0.15) is 46.0 Å². The molecule has 3 aromatic rings. The summed E-state index contributed by atoms with van der Waals surface area (Å²) in [6, 6.07) is 13.7. The minimum atomic E-state index is -0.418. The average Bonchev–Trinajstić information content (AvgIpc) is 3.12. The molecule has 0 bridgehead atoms. The molecule has 1 heterocycles. The van der Waals surface area contributed by atoms with E-state index in [0.717, 1.165) is 5.56 Å². The molecule has 9 nitrogen and oxygen atoms in total. The van der Waals surface area contributed by atoms with E-state index in [1.54, 1.807) is 41.8 Å². The number of aryl methyl sites for hydroxylation is 1. The Morgan fingerprint density at radius 3 is 2.41 bits per heavy atom. The standard InChI is InChI=1S/C24H27N5O4S/c1-4-28-20(14-25-22(31)19-9-7-6-8-16(19)3)27-29(24(28)34)15-21(30)26-18-12-10-17(11-13-18)23(32)33-5-2/h6-13H,4-5,14-15H2,1-3H3,(H,25,31)(H,26,30). The van der Waals surface area contributed by atoms with Gasteiger partial charge in [-0.05, 0) is 68.9 Å². The summed E-state index contributed by atoms with van der Waals surface area (Å²) < 4.78 is 8.54. The van der Waals surface area contributed by atoms with Crippen LogP contribution < -0.4 is 10.6 Å². The molecule has 10 heteroatoms. The monoisotopic (exact) mass is 481 g/mol. The zero-order valence-corrected chi connectivity index (χ0v) is 20.1. The summed E-state index contributed by atoms with van der Waals surface area (Å²) in [7, 11) is 0. The van der Waals surface area contributed by atoms with Crippen LogP contribution in [0, 0.1) is 11.7 Å². The molecule has 2 N–H and O–H groups in total. The molecule has 34 heavy (non-hydrogen) atoms. The third-order valence-electron chi connectivity index (χ3n) is 5.09. The lowest BCUT2D eigenvalue weighted by Gasteiger charge is -2.07. The number of esters is 1. The second kappa shape index (κ2) is 11.4. The zero-order chi connectivity index (χ0) is 24.7. The second-order valence-electron chi connectivity index (χ2n) is 7.44. The van der Waals surface area contributed by atoms with E-state index in [1.165, 1.54) is 4.68 Å². The first kappa shape index (κ1) is 24.8. The van der Waals surface area contributed by atoms with E-state index in [2.05, 4.69) is 15.7 Å². The Balaban J connectivity index is 1.65. The van der Waals surface area contributed by atoms with E-state index in [-0.39, 0.29) is 24.9 Å². The summed E-state index contributed by atoms with van der Waals surface area (Å²) in [5.41, 5.74) is 2.41. The average molecular weight is 482 g/mol. The maximum absolute atomic E-state index is 12.6. The van der Waals surface area contributed by atoms with Gasteiger partial charge in [0.05, 0.1) is 18.7 Å². The fraction of sp³-hybridized carbons (Fsp3) is 0.292. The lowest BCUT2D eigenvalue weighted by molar-refractivity contribution is -0.116. The highest BCUT2D eigenvalue weighted by atomic mass is 32.1. The van der Waals surface area contributed by atoms with Gasteiger partial charge in [-0.1, -0.05) is 18.2 Å². The van der Waals surface area contributed by atoms with Crippen molar-refractivity contribution in [3.8, 4) is 0 Å². The van der Waals surface area contributed by atoms with Gasteiger partial charge < -0.3 is 19.9 Å². The van der Waals surface area contributed by atoms with Crippen LogP contribution in [-0.2, 0) is 29.2 Å². The molecule has 178 valence electrons. The van der Waals surface area contributed by atoms with Gasteiger partial charge >= 0.3 is 5.97 Å². The van der Waals surface area contributed by atoms with E-state index < -0.39 is 5.97 Å². The van der Waals surface area contributed by atoms with Gasteiger partial charge in [0.2, 0.25) is 5.91 Å². The maximum Gasteiger partial charge on any atom is 0.338 e. The first-order chi connectivity index (χ1) is 16.3. The number of hydrogen-bond donors (Lipinski definition) is 2. The quantitative estimate of drug-likeness (QED) is 0.358. The predicted molar refractivity (Wildman–Crippen MR) is 130 cm³/mol. The molecule has 2 aromatic carbocycles. The van der Waals surface area contributed by atoms with Crippen LogP contribution in [0.4, 0.5) is 5.69 Å². The highest BCUT2D eigenvalue weighted by Gasteiger charge is 2.15. The van der Waals surface area contributed by atoms with E-state index >= 15 is 0 Å². The molecule has 0 aliphatic heterocycles. The molecular formula is C24H27N5O4S. The zero-order valence-electron chi connectivity index (χ0n) is 19.3. The Kier molecular flexibility index (Phi) is 8.31. The molecule has 0 radical (unpaired) electrons. The Labute approximate surface area is 202 Å². The van der Waals surface area contributed by atoms with Crippen LogP contribution in [0.2, 0.25) is 0 Å². The highest BCUT2D eigenvalue weighted by Crippen LogP contribution is 2.12. The number of nitrogens with one attached hydrogen (secondary N) is 2. The fourth-order valence-electron chi connectivity index (χ4n) is 3.36. The van der Waals surface area contributed by atoms with Gasteiger partial charge in [0.1, 0.15) is 6.54 Å². The third-order valence-corrected chi connectivity index (χ3v) is 5.52. The van der Waals surface area contributed by atoms with Gasteiger partial charge in [0.15, 0.2) is 10.6 Å². The highest BCUT2D eigenvalue weighted by molar-refractivity contribution is 7.71. The Bertz CT molecular complexity index is 1250. The molecule has 0 fully saturated rings. The molecule has 2 amide bonds. The lowest BCUT2D eigenvalue weighted by atomic mass is 10.1. The number of rotatable bonds is 9. The molecule has 0 spiro atoms. The van der Waals surface area contributed by atoms with Crippen molar-refractivity contribution in [3.05, 3.63) is 75.8 Å². The van der Waals surface area contributed by atoms with Crippen molar-refractivity contribution in [2.45, 2.75) is 40.4 Å². The molecule has 0 aliphatic rings. The van der Waals surface area contributed by atoms with Crippen LogP contribution in [0.3, 0.4) is 0 Å². The normalized spacial score (nSPS) is 10.6. The van der Waals surface area contributed by atoms with Crippen LogP contribution in [-0.4, -0.2) is 38.7 Å². The third kappa shape index (κ3) is 5.96. The smallest absolute Gasteiger partial charge is 0.338 e. The fourth-order valence-corrected chi connectivity index (χ4v) is 3.70. The number of amides is 2. The summed E-state index contributed by atoms with van der Waals surface area (Å²) in [6.07, 6.45) is 0. The minimum absolute atomic E-state index is 0.0931. The van der Waals surface area contributed by atoms with Gasteiger partial charge in [0, 0.05) is 17.8 Å². The van der Waals surface area contributed by atoms with Crippen molar-refractivity contribution in [2.24, 2.45) is 0 Å². The van der Waals surface area contributed by atoms with Crippen LogP contribution in [0.5, 0.6) is 0 Å². The van der Waals surface area contributed by atoms with Crippen LogP contribution >= 0.6 is 12.2 Å². The van der Waals surface area contributed by atoms with Crippen molar-refractivity contribution >= 4 is 35.7 Å². The summed E-state index contributed by atoms with van der Waals surface area (Å²) >= 11 is 5.48. The SMILES string of the molecule is CCOC(=O)c1ccc(NC(=O)Cn2nc(CNC(=O)c3ccccc3C)n(CC)c2=S)cc1. The number of benzene rings is 2.